The minimum atomic E-state index is -1.08. The summed E-state index contributed by atoms with van der Waals surface area (Å²) in [4.78, 5) is 37.1. The van der Waals surface area contributed by atoms with Crippen LogP contribution < -0.4 is 15.3 Å². The summed E-state index contributed by atoms with van der Waals surface area (Å²) < 4.78 is 4.60. The van der Waals surface area contributed by atoms with Gasteiger partial charge in [0.05, 0.1) is 0 Å². The molecule has 0 fully saturated rings. The van der Waals surface area contributed by atoms with Crippen molar-refractivity contribution in [2.45, 2.75) is 34.3 Å². The Morgan fingerprint density at radius 2 is 1.19 bits per heavy atom. The van der Waals surface area contributed by atoms with E-state index in [2.05, 4.69) is 4.74 Å². The van der Waals surface area contributed by atoms with E-state index >= 15 is 0 Å². The number of phenols is 3. The van der Waals surface area contributed by atoms with Crippen LogP contribution in [0.25, 0.3) is 0 Å². The zero-order valence-corrected chi connectivity index (χ0v) is 14.5. The van der Waals surface area contributed by atoms with Crippen molar-refractivity contribution in [3.8, 4) is 17.2 Å². The fourth-order valence-corrected chi connectivity index (χ4v) is 0.951. The molecule has 0 aliphatic rings. The fourth-order valence-electron chi connectivity index (χ4n) is 0.951. The highest BCUT2D eigenvalue weighted by molar-refractivity contribution is 5.66. The summed E-state index contributed by atoms with van der Waals surface area (Å²) in [5, 5.41) is 54.1. The molecular weight excluding hydrogens is 356 g/mol. The average molecular weight is 375 g/mol. The van der Waals surface area contributed by atoms with Gasteiger partial charge in [-0.15, -0.1) is 0 Å². The summed E-state index contributed by atoms with van der Waals surface area (Å²) >= 11 is 0. The van der Waals surface area contributed by atoms with Crippen LogP contribution in [0.5, 0.6) is 17.2 Å². The maximum Gasteiger partial charge on any atom is 0.302 e. The normalized spacial score (nSPS) is 8.15. The van der Waals surface area contributed by atoms with Crippen LogP contribution in [0.1, 0.15) is 33.3 Å². The van der Waals surface area contributed by atoms with Crippen LogP contribution in [0.3, 0.4) is 0 Å². The number of carboxylic acids is 3. The van der Waals surface area contributed by atoms with Gasteiger partial charge in [0, 0.05) is 36.5 Å². The summed E-state index contributed by atoms with van der Waals surface area (Å²) in [7, 11) is 0. The summed E-state index contributed by atoms with van der Waals surface area (Å²) in [6, 6.07) is 2.20. The molecular formula is C15H19O11-3. The molecule has 0 saturated heterocycles. The van der Waals surface area contributed by atoms with E-state index in [1.54, 1.807) is 0 Å². The molecule has 148 valence electrons. The Bertz CT molecular complexity index is 567. The molecule has 0 unspecified atom stereocenters. The summed E-state index contributed by atoms with van der Waals surface area (Å²) in [6.45, 7) is 3.95. The Hall–Kier alpha value is -3.50. The molecule has 11 nitrogen and oxygen atoms in total. The molecule has 0 aliphatic carbocycles. The van der Waals surface area contributed by atoms with Gasteiger partial charge in [-0.05, 0) is 26.8 Å². The number of carbonyl (C=O) groups excluding carboxylic acids is 4. The molecule has 0 saturated carbocycles. The second-order valence-electron chi connectivity index (χ2n) is 4.23. The number of benzene rings is 1. The van der Waals surface area contributed by atoms with Crippen molar-refractivity contribution >= 4 is 23.9 Å². The standard InChI is InChI=1S/C9H10O5.3C2H4O2/c1-5(10)14-4-6-2-7(11)3-8(12)9(6)13;3*1-2(3)4/h2-3,11-13H,4H2,1H3;3*1H3,(H,3,4)/p-3. The van der Waals surface area contributed by atoms with Crippen LogP contribution in [0.2, 0.25) is 0 Å². The fraction of sp³-hybridized carbons (Fsp3) is 0.333. The Labute approximate surface area is 148 Å². The number of hydrogen-bond acceptors (Lipinski definition) is 11. The van der Waals surface area contributed by atoms with Crippen molar-refractivity contribution in [2.75, 3.05) is 0 Å². The molecule has 3 N–H and O–H groups in total. The Balaban J connectivity index is -0.000000362. The largest absolute Gasteiger partial charge is 0.550 e. The average Bonchev–Trinajstić information content (AvgIpc) is 2.39. The molecule has 11 heteroatoms. The number of ether oxygens (including phenoxy) is 1. The number of rotatable bonds is 2. The van der Waals surface area contributed by atoms with E-state index in [4.69, 9.17) is 39.9 Å². The van der Waals surface area contributed by atoms with Crippen LogP contribution in [-0.4, -0.2) is 39.2 Å². The zero-order chi connectivity index (χ0) is 21.4. The Kier molecular flexibility index (Phi) is 15.8. The topological polar surface area (TPSA) is 207 Å². The van der Waals surface area contributed by atoms with E-state index in [-0.39, 0.29) is 17.9 Å². The van der Waals surface area contributed by atoms with Crippen molar-refractivity contribution in [1.82, 2.24) is 0 Å². The minimum absolute atomic E-state index is 0.151. The lowest BCUT2D eigenvalue weighted by atomic mass is 10.2. The van der Waals surface area contributed by atoms with Crippen LogP contribution >= 0.6 is 0 Å². The molecule has 0 bridgehead atoms. The van der Waals surface area contributed by atoms with Gasteiger partial charge in [0.25, 0.3) is 0 Å². The smallest absolute Gasteiger partial charge is 0.302 e. The van der Waals surface area contributed by atoms with Crippen LogP contribution in [-0.2, 0) is 30.5 Å². The first-order valence-electron chi connectivity index (χ1n) is 6.60. The number of esters is 1. The highest BCUT2D eigenvalue weighted by Gasteiger charge is 2.09. The van der Waals surface area contributed by atoms with Gasteiger partial charge in [-0.1, -0.05) is 0 Å². The van der Waals surface area contributed by atoms with E-state index in [1.165, 1.54) is 13.0 Å². The molecule has 0 radical (unpaired) electrons. The highest BCUT2D eigenvalue weighted by Crippen LogP contribution is 2.33. The van der Waals surface area contributed by atoms with Crippen LogP contribution in [0.4, 0.5) is 0 Å². The van der Waals surface area contributed by atoms with Crippen molar-refractivity contribution in [1.29, 1.82) is 0 Å². The van der Waals surface area contributed by atoms with Gasteiger partial charge in [-0.25, -0.2) is 0 Å². The van der Waals surface area contributed by atoms with Crippen molar-refractivity contribution in [3.05, 3.63) is 17.7 Å². The van der Waals surface area contributed by atoms with Crippen molar-refractivity contribution in [2.24, 2.45) is 0 Å². The number of carbonyl (C=O) groups is 4. The number of phenolic OH excluding ortho intramolecular Hbond substituents is 3. The minimum Gasteiger partial charge on any atom is -0.550 e. The van der Waals surface area contributed by atoms with Crippen LogP contribution in [0, 0.1) is 0 Å². The molecule has 0 atom stereocenters. The number of aliphatic carboxylic acids is 3. The highest BCUT2D eigenvalue weighted by atomic mass is 16.5. The lowest BCUT2D eigenvalue weighted by molar-refractivity contribution is -0.303. The molecule has 1 rings (SSSR count). The molecule has 0 heterocycles. The molecule has 0 spiro atoms. The van der Waals surface area contributed by atoms with Gasteiger partial charge in [-0.2, -0.15) is 0 Å². The van der Waals surface area contributed by atoms with Gasteiger partial charge < -0.3 is 49.8 Å². The van der Waals surface area contributed by atoms with E-state index in [0.29, 0.717) is 0 Å². The summed E-state index contributed by atoms with van der Waals surface area (Å²) in [5.74, 6) is -4.81. The molecule has 0 amide bonds. The van der Waals surface area contributed by atoms with Crippen molar-refractivity contribution in [3.63, 3.8) is 0 Å². The van der Waals surface area contributed by atoms with Crippen LogP contribution in [0.15, 0.2) is 12.1 Å². The third-order valence-electron chi connectivity index (χ3n) is 1.58. The first-order valence-corrected chi connectivity index (χ1v) is 6.60. The van der Waals surface area contributed by atoms with Gasteiger partial charge in [0.15, 0.2) is 11.5 Å². The van der Waals surface area contributed by atoms with Gasteiger partial charge in [-0.3, -0.25) is 4.79 Å². The maximum absolute atomic E-state index is 10.5. The van der Waals surface area contributed by atoms with E-state index in [1.807, 2.05) is 0 Å². The first-order chi connectivity index (χ1) is 11.7. The Morgan fingerprint density at radius 1 is 0.846 bits per heavy atom. The van der Waals surface area contributed by atoms with E-state index in [0.717, 1.165) is 26.8 Å². The molecule has 0 aliphatic heterocycles. The zero-order valence-electron chi connectivity index (χ0n) is 14.5. The summed E-state index contributed by atoms with van der Waals surface area (Å²) in [5.41, 5.74) is 0.151. The molecule has 26 heavy (non-hydrogen) atoms. The van der Waals surface area contributed by atoms with Gasteiger partial charge in [0.1, 0.15) is 12.4 Å². The SMILES string of the molecule is CC(=O)OCc1cc(O)cc(O)c1O.CC(=O)[O-].CC(=O)[O-].CC(=O)[O-]. The number of aromatic hydroxyl groups is 3. The molecule has 1 aromatic rings. The Morgan fingerprint density at radius 3 is 1.50 bits per heavy atom. The molecule has 0 aromatic heterocycles. The predicted molar refractivity (Wildman–Crippen MR) is 78.9 cm³/mol. The van der Waals surface area contributed by atoms with E-state index in [9.17, 15) is 9.90 Å². The third kappa shape index (κ3) is 25.5. The van der Waals surface area contributed by atoms with E-state index < -0.39 is 35.4 Å². The van der Waals surface area contributed by atoms with Crippen molar-refractivity contribution < 1.29 is 54.6 Å². The second-order valence-corrected chi connectivity index (χ2v) is 4.23. The lowest BCUT2D eigenvalue weighted by Crippen LogP contribution is -2.16. The quantitative estimate of drug-likeness (QED) is 0.272. The monoisotopic (exact) mass is 375 g/mol. The third-order valence-corrected chi connectivity index (χ3v) is 1.58. The predicted octanol–water partition coefficient (Wildman–Crippen LogP) is -2.86. The second kappa shape index (κ2) is 15.1. The first kappa shape index (κ1) is 27.4. The lowest BCUT2D eigenvalue weighted by Gasteiger charge is -2.06. The number of hydrogen-bond donors (Lipinski definition) is 3. The maximum atomic E-state index is 10.5. The van der Waals surface area contributed by atoms with Gasteiger partial charge >= 0.3 is 5.97 Å². The van der Waals surface area contributed by atoms with Gasteiger partial charge in [0.2, 0.25) is 0 Å². The number of carboxylic acid groups (broad SMARTS) is 3. The molecule has 1 aromatic carbocycles. The summed E-state index contributed by atoms with van der Waals surface area (Å²) in [6.07, 6.45) is 0.